The minimum atomic E-state index is -1.55. The first-order chi connectivity index (χ1) is 9.50. The zero-order valence-electron chi connectivity index (χ0n) is 12.0. The second-order valence-electron chi connectivity index (χ2n) is 3.49. The second-order valence-corrected chi connectivity index (χ2v) is 5.77. The third kappa shape index (κ3) is 31.3. The fourth-order valence-electron chi connectivity index (χ4n) is 0.893. The summed E-state index contributed by atoms with van der Waals surface area (Å²) in [5.74, 6) is 0. The maximum Gasteiger partial charge on any atom is 2.00 e. The molecule has 4 atom stereocenters. The normalized spacial score (nSPS) is 13.8. The van der Waals surface area contributed by atoms with E-state index in [1.807, 2.05) is 0 Å². The molecule has 0 saturated heterocycles. The molecular weight excluding hydrogens is 470 g/mol. The fourth-order valence-corrected chi connectivity index (χ4v) is 0.893. The first kappa shape index (κ1) is 35.2. The van der Waals surface area contributed by atoms with Gasteiger partial charge in [0.1, 0.15) is 18.3 Å². The molecule has 0 aromatic rings. The van der Waals surface area contributed by atoms with Gasteiger partial charge in [-0.2, -0.15) is 0 Å². The Hall–Kier alpha value is 1.02. The average Bonchev–Trinajstić information content (AvgIpc) is 2.35. The molecule has 14 heteroatoms. The molecule has 0 unspecified atom stereocenters. The summed E-state index contributed by atoms with van der Waals surface area (Å²) in [7, 11) is 1.57. The van der Waals surface area contributed by atoms with E-state index in [9.17, 15) is 5.11 Å². The zero-order chi connectivity index (χ0) is 17.6. The Morgan fingerprint density at radius 1 is 1.00 bits per heavy atom. The molecule has 0 amide bonds. The van der Waals surface area contributed by atoms with E-state index in [4.69, 9.17) is 20.4 Å². The molecule has 0 aromatic heterocycles. The number of aliphatic hydroxyl groups is 5. The fraction of sp³-hybridized carbons (Fsp3) is 0.778. The van der Waals surface area contributed by atoms with Crippen molar-refractivity contribution in [1.82, 2.24) is 5.32 Å². The van der Waals surface area contributed by atoms with Gasteiger partial charge in [0.05, 0.1) is 12.7 Å². The van der Waals surface area contributed by atoms with Crippen LogP contribution in [0.1, 0.15) is 0 Å². The van der Waals surface area contributed by atoms with Crippen molar-refractivity contribution in [3.05, 3.63) is 0 Å². The summed E-state index contributed by atoms with van der Waals surface area (Å²) in [6, 6.07) is 0. The summed E-state index contributed by atoms with van der Waals surface area (Å²) in [5, 5.41) is 47.5. The van der Waals surface area contributed by atoms with Crippen LogP contribution in [-0.2, 0) is 59.4 Å². The zero-order valence-corrected chi connectivity index (χ0v) is 17.4. The standard InChI is InChI=1S/C7H17NO5.2CH3NS2.2Fe/c1-8-2-4(10)6(12)7(13)5(11)3-9;2*2-1(3)4;;/h4-13H,2-3H2,1H3;2*(H3,2,3,4);;/q;;;;+2/p-2/t4-,5+,6+,7+;;;;/m0..../s1. The SMILES string of the molecule is CNC[C@H](O)[C@@H](O)[C@H](O)[C@H](O)CO.NC(=S)[S-].NC(=S)[S-].[Fe+2].[Fe]. The van der Waals surface area contributed by atoms with Gasteiger partial charge in [-0.1, -0.05) is 8.64 Å². The molecule has 0 radical (unpaired) electrons. The van der Waals surface area contributed by atoms with E-state index < -0.39 is 31.0 Å². The molecule has 0 spiro atoms. The Balaban J connectivity index is -0.0000000909. The summed E-state index contributed by atoms with van der Waals surface area (Å²) in [6.45, 7) is -0.569. The van der Waals surface area contributed by atoms with Gasteiger partial charge in [0.25, 0.3) is 0 Å². The van der Waals surface area contributed by atoms with Crippen molar-refractivity contribution in [2.75, 3.05) is 20.2 Å². The number of nitrogens with one attached hydrogen (secondary N) is 1. The van der Waals surface area contributed by atoms with Crippen molar-refractivity contribution < 1.29 is 59.7 Å². The summed E-state index contributed by atoms with van der Waals surface area (Å²) in [6.07, 6.45) is -5.65. The van der Waals surface area contributed by atoms with Crippen LogP contribution in [-0.4, -0.2) is 78.8 Å². The summed E-state index contributed by atoms with van der Waals surface area (Å²) in [4.78, 5) is 0. The van der Waals surface area contributed by atoms with Crippen molar-refractivity contribution in [2.24, 2.45) is 11.5 Å². The first-order valence-electron chi connectivity index (χ1n) is 5.41. The van der Waals surface area contributed by atoms with Gasteiger partial charge in [-0.05, 0) is 7.05 Å². The number of rotatable bonds is 6. The molecule has 0 heterocycles. The van der Waals surface area contributed by atoms with Crippen molar-refractivity contribution in [3.8, 4) is 0 Å². The van der Waals surface area contributed by atoms with E-state index in [2.05, 4.69) is 66.5 Å². The molecule has 0 saturated carbocycles. The van der Waals surface area contributed by atoms with Gasteiger partial charge in [-0.3, -0.25) is 0 Å². The van der Waals surface area contributed by atoms with Crippen molar-refractivity contribution in [3.63, 3.8) is 0 Å². The number of hydrogen-bond donors (Lipinski definition) is 8. The monoisotopic (exact) mass is 491 g/mol. The number of hydrogen-bond acceptors (Lipinski definition) is 10. The van der Waals surface area contributed by atoms with E-state index in [0.717, 1.165) is 0 Å². The van der Waals surface area contributed by atoms with E-state index in [1.165, 1.54) is 0 Å². The van der Waals surface area contributed by atoms with E-state index in [1.54, 1.807) is 7.05 Å². The Morgan fingerprint density at radius 3 is 1.48 bits per heavy atom. The van der Waals surface area contributed by atoms with Crippen LogP contribution in [0.2, 0.25) is 0 Å². The van der Waals surface area contributed by atoms with Crippen LogP contribution in [0, 0.1) is 0 Å². The number of thiocarbonyl (C=S) groups is 2. The molecule has 0 aliphatic carbocycles. The summed E-state index contributed by atoms with van der Waals surface area (Å²) >= 11 is 16.5. The van der Waals surface area contributed by atoms with Gasteiger partial charge in [-0.15, -0.1) is 0 Å². The van der Waals surface area contributed by atoms with Gasteiger partial charge >= 0.3 is 17.1 Å². The topological polar surface area (TPSA) is 165 Å². The number of nitrogens with two attached hydrogens (primary N) is 2. The van der Waals surface area contributed by atoms with Crippen molar-refractivity contribution in [1.29, 1.82) is 0 Å². The first-order valence-corrected chi connectivity index (χ1v) is 7.05. The van der Waals surface area contributed by atoms with Gasteiger partial charge < -0.3 is 92.0 Å². The molecule has 10 N–H and O–H groups in total. The predicted molar refractivity (Wildman–Crippen MR) is 93.3 cm³/mol. The van der Waals surface area contributed by atoms with Gasteiger partial charge in [0.15, 0.2) is 0 Å². The Bertz CT molecular complexity index is 278. The van der Waals surface area contributed by atoms with Gasteiger partial charge in [0.2, 0.25) is 0 Å². The molecule has 0 aliphatic heterocycles. The van der Waals surface area contributed by atoms with E-state index >= 15 is 0 Å². The molecule has 0 rings (SSSR count). The van der Waals surface area contributed by atoms with Crippen LogP contribution in [0.15, 0.2) is 0 Å². The minimum Gasteiger partial charge on any atom is -0.415 e. The molecule has 0 aliphatic rings. The minimum absolute atomic E-state index is 0. The maximum absolute atomic E-state index is 9.21. The largest absolute Gasteiger partial charge is 2.00 e. The number of likely N-dealkylation sites (N-methyl/N-ethyl adjacent to an activating group) is 1. The van der Waals surface area contributed by atoms with E-state index in [-0.39, 0.29) is 49.3 Å². The second kappa shape index (κ2) is 23.0. The van der Waals surface area contributed by atoms with Gasteiger partial charge in [0, 0.05) is 23.6 Å². The quantitative estimate of drug-likeness (QED) is 0.104. The van der Waals surface area contributed by atoms with Crippen LogP contribution < -0.4 is 16.8 Å². The molecule has 142 valence electrons. The third-order valence-corrected chi connectivity index (χ3v) is 1.74. The summed E-state index contributed by atoms with van der Waals surface area (Å²) in [5.41, 5.74) is 9.31. The van der Waals surface area contributed by atoms with Crippen LogP contribution in [0.4, 0.5) is 0 Å². The van der Waals surface area contributed by atoms with Crippen LogP contribution in [0.3, 0.4) is 0 Å². The maximum atomic E-state index is 9.21. The molecule has 8 nitrogen and oxygen atoms in total. The molecular formula is C9H21Fe2N3O5S4. The van der Waals surface area contributed by atoms with Crippen LogP contribution in [0.25, 0.3) is 0 Å². The van der Waals surface area contributed by atoms with Crippen molar-refractivity contribution >= 4 is 58.3 Å². The Morgan fingerprint density at radius 2 is 1.26 bits per heavy atom. The smallest absolute Gasteiger partial charge is 0.415 e. The average molecular weight is 491 g/mol. The molecule has 0 aromatic carbocycles. The molecule has 23 heavy (non-hydrogen) atoms. The third-order valence-electron chi connectivity index (χ3n) is 1.74. The predicted octanol–water partition coefficient (Wildman–Crippen LogP) is -3.81. The Kier molecular flexibility index (Phi) is 35.2. The van der Waals surface area contributed by atoms with E-state index in [0.29, 0.717) is 0 Å². The van der Waals surface area contributed by atoms with Gasteiger partial charge in [-0.25, -0.2) is 0 Å². The Labute approximate surface area is 178 Å². The molecule has 0 bridgehead atoms. The molecule has 0 fully saturated rings. The van der Waals surface area contributed by atoms with Crippen LogP contribution >= 0.6 is 24.4 Å². The van der Waals surface area contributed by atoms with Crippen LogP contribution in [0.5, 0.6) is 0 Å². The number of aliphatic hydroxyl groups excluding tert-OH is 5. The van der Waals surface area contributed by atoms with Crippen molar-refractivity contribution in [2.45, 2.75) is 24.4 Å². The summed E-state index contributed by atoms with van der Waals surface area (Å²) < 4.78 is 0.167.